The Balaban J connectivity index is 1.33. The molecule has 4 aliphatic rings. The van der Waals surface area contributed by atoms with Crippen molar-refractivity contribution in [2.45, 2.75) is 88.9 Å². The van der Waals surface area contributed by atoms with Gasteiger partial charge in [-0.25, -0.2) is 0 Å². The number of fused-ring (bicyclic) bond motifs is 1. The minimum absolute atomic E-state index is 0.0239. The van der Waals surface area contributed by atoms with Gasteiger partial charge in [-0.05, 0) is 27.7 Å². The minimum atomic E-state index is -0.691. The molecule has 3 aliphatic heterocycles. The van der Waals surface area contributed by atoms with Crippen LogP contribution in [0.2, 0.25) is 0 Å². The number of hydrogen-bond acceptors (Lipinski definition) is 7. The van der Waals surface area contributed by atoms with Crippen molar-refractivity contribution in [2.75, 3.05) is 13.2 Å². The van der Waals surface area contributed by atoms with Crippen molar-refractivity contribution in [3.63, 3.8) is 0 Å². The molecule has 0 bridgehead atoms. The molecule has 1 aliphatic carbocycles. The van der Waals surface area contributed by atoms with Crippen LogP contribution in [0.1, 0.15) is 52.4 Å². The molecular formula is C24H33O7+. The van der Waals surface area contributed by atoms with E-state index in [0.717, 1.165) is 12.0 Å². The highest BCUT2D eigenvalue weighted by Gasteiger charge is 2.64. The van der Waals surface area contributed by atoms with E-state index in [2.05, 4.69) is 0 Å². The van der Waals surface area contributed by atoms with Crippen LogP contribution in [0.5, 0.6) is 0 Å². The van der Waals surface area contributed by atoms with Crippen molar-refractivity contribution >= 4 is 0 Å². The number of benzene rings is 1. The molecule has 0 spiro atoms. The average Bonchev–Trinajstić information content (AvgIpc) is 3.32. The summed E-state index contributed by atoms with van der Waals surface area (Å²) < 4.78 is 36.6. The maximum absolute atomic E-state index is 10.6. The molecule has 3 heterocycles. The number of ether oxygens (including phenoxy) is 6. The van der Waals surface area contributed by atoms with Crippen molar-refractivity contribution in [1.29, 1.82) is 0 Å². The molecule has 1 unspecified atom stereocenters. The highest BCUT2D eigenvalue weighted by Crippen LogP contribution is 2.51. The highest BCUT2D eigenvalue weighted by molar-refractivity contribution is 5.19. The van der Waals surface area contributed by atoms with E-state index in [9.17, 15) is 5.11 Å². The van der Waals surface area contributed by atoms with E-state index in [0.29, 0.717) is 13.0 Å². The van der Waals surface area contributed by atoms with Crippen molar-refractivity contribution in [3.05, 3.63) is 41.8 Å². The van der Waals surface area contributed by atoms with Gasteiger partial charge in [0.1, 0.15) is 49.3 Å². The lowest BCUT2D eigenvalue weighted by Gasteiger charge is -2.34. The Morgan fingerprint density at radius 1 is 0.968 bits per heavy atom. The minimum Gasteiger partial charge on any atom is -0.388 e. The van der Waals surface area contributed by atoms with E-state index >= 15 is 0 Å². The second-order valence-electron chi connectivity index (χ2n) is 9.92. The summed E-state index contributed by atoms with van der Waals surface area (Å²) in [6, 6.07) is 9.83. The van der Waals surface area contributed by atoms with Gasteiger partial charge in [0.15, 0.2) is 23.8 Å². The third-order valence-corrected chi connectivity index (χ3v) is 6.62. The largest absolute Gasteiger partial charge is 0.388 e. The SMILES string of the molecule is CC1(C)OC[C@@H]([C@@H]2[C+](C[C@H]3OC(c4ccccc4)OC[C@@H]3O)C[C@H]3OC(C)(C)O[C@@H]23)O1. The van der Waals surface area contributed by atoms with Crippen LogP contribution in [-0.4, -0.2) is 60.4 Å². The second kappa shape index (κ2) is 7.99. The summed E-state index contributed by atoms with van der Waals surface area (Å²) in [7, 11) is 0. The Bertz CT molecular complexity index is 766. The summed E-state index contributed by atoms with van der Waals surface area (Å²) in [6.45, 7) is 8.53. The van der Waals surface area contributed by atoms with Gasteiger partial charge >= 0.3 is 0 Å². The van der Waals surface area contributed by atoms with Gasteiger partial charge in [-0.2, -0.15) is 0 Å². The lowest BCUT2D eigenvalue weighted by molar-refractivity contribution is -0.257. The van der Waals surface area contributed by atoms with E-state index in [1.165, 1.54) is 5.92 Å². The van der Waals surface area contributed by atoms with Crippen LogP contribution in [0.3, 0.4) is 0 Å². The first-order chi connectivity index (χ1) is 14.7. The predicted molar refractivity (Wildman–Crippen MR) is 111 cm³/mol. The van der Waals surface area contributed by atoms with Crippen LogP contribution in [0, 0.1) is 11.8 Å². The standard InChI is InChI=1S/C24H33O7/c1-23(2)27-13-19(30-23)20-15(11-18-21(20)31-24(3,4)29-18)10-17-16(25)12-26-22(28-17)14-8-6-5-7-9-14/h5-9,16-22,25H,10-13H2,1-4H3/q+1/t16-,17+,18+,19-,20-,21+,22?/m0/s1. The third kappa shape index (κ3) is 4.37. The first-order valence-electron chi connectivity index (χ1n) is 11.2. The molecule has 1 aromatic carbocycles. The fourth-order valence-corrected chi connectivity index (χ4v) is 5.35. The molecule has 4 fully saturated rings. The fraction of sp³-hybridized carbons (Fsp3) is 0.708. The zero-order valence-corrected chi connectivity index (χ0v) is 18.7. The third-order valence-electron chi connectivity index (χ3n) is 6.62. The molecule has 1 saturated carbocycles. The quantitative estimate of drug-likeness (QED) is 0.731. The molecule has 0 aromatic heterocycles. The van der Waals surface area contributed by atoms with E-state index in [1.54, 1.807) is 0 Å². The van der Waals surface area contributed by atoms with Gasteiger partial charge < -0.3 is 33.5 Å². The second-order valence-corrected chi connectivity index (χ2v) is 9.92. The smallest absolute Gasteiger partial charge is 0.184 e. The number of hydrogen-bond donors (Lipinski definition) is 1. The molecule has 0 radical (unpaired) electrons. The summed E-state index contributed by atoms with van der Waals surface area (Å²) in [5, 5.41) is 10.6. The van der Waals surface area contributed by atoms with Gasteiger partial charge in [-0.1, -0.05) is 30.3 Å². The number of rotatable bonds is 4. The molecule has 3 saturated heterocycles. The van der Waals surface area contributed by atoms with Crippen LogP contribution in [0.4, 0.5) is 0 Å². The molecule has 0 amide bonds. The Morgan fingerprint density at radius 2 is 1.71 bits per heavy atom. The average molecular weight is 434 g/mol. The summed E-state index contributed by atoms with van der Waals surface area (Å²) in [5.74, 6) is 0.0499. The zero-order chi connectivity index (χ0) is 21.8. The summed E-state index contributed by atoms with van der Waals surface area (Å²) in [4.78, 5) is 0. The van der Waals surface area contributed by atoms with Gasteiger partial charge in [0, 0.05) is 5.56 Å². The van der Waals surface area contributed by atoms with Crippen LogP contribution in [-0.2, 0) is 28.4 Å². The monoisotopic (exact) mass is 433 g/mol. The van der Waals surface area contributed by atoms with Crippen LogP contribution in [0.15, 0.2) is 30.3 Å². The van der Waals surface area contributed by atoms with E-state index in [-0.39, 0.29) is 36.9 Å². The number of aliphatic hydroxyl groups is 1. The van der Waals surface area contributed by atoms with Gasteiger partial charge in [-0.3, -0.25) is 0 Å². The molecule has 31 heavy (non-hydrogen) atoms. The molecule has 1 aromatic rings. The normalized spacial score (nSPS) is 41.5. The van der Waals surface area contributed by atoms with Gasteiger partial charge in [0.2, 0.25) is 0 Å². The predicted octanol–water partition coefficient (Wildman–Crippen LogP) is 3.12. The first-order valence-corrected chi connectivity index (χ1v) is 11.2. The summed E-state index contributed by atoms with van der Waals surface area (Å²) in [5.41, 5.74) is 0.951. The summed E-state index contributed by atoms with van der Waals surface area (Å²) in [6.07, 6.45) is -0.381. The zero-order valence-electron chi connectivity index (χ0n) is 18.7. The molecule has 5 rings (SSSR count). The molecular weight excluding hydrogens is 400 g/mol. The Labute approximate surface area is 183 Å². The maximum atomic E-state index is 10.6. The molecule has 1 N–H and O–H groups in total. The van der Waals surface area contributed by atoms with Crippen LogP contribution < -0.4 is 0 Å². The lowest BCUT2D eigenvalue weighted by Crippen LogP contribution is -2.43. The topological polar surface area (TPSA) is 75.6 Å². The Hall–Kier alpha value is -1.19. The van der Waals surface area contributed by atoms with Crippen LogP contribution >= 0.6 is 0 Å². The van der Waals surface area contributed by atoms with E-state index in [4.69, 9.17) is 28.4 Å². The molecule has 7 atom stereocenters. The fourth-order valence-electron chi connectivity index (χ4n) is 5.35. The van der Waals surface area contributed by atoms with Gasteiger partial charge in [0.05, 0.1) is 13.2 Å². The Morgan fingerprint density at radius 3 is 2.42 bits per heavy atom. The maximum Gasteiger partial charge on any atom is 0.184 e. The molecule has 7 heteroatoms. The van der Waals surface area contributed by atoms with Crippen molar-refractivity contribution < 1.29 is 33.5 Å². The summed E-state index contributed by atoms with van der Waals surface area (Å²) >= 11 is 0. The van der Waals surface area contributed by atoms with Gasteiger partial charge in [0.25, 0.3) is 0 Å². The van der Waals surface area contributed by atoms with E-state index < -0.39 is 24.0 Å². The first kappa shape index (κ1) is 21.6. The van der Waals surface area contributed by atoms with Crippen molar-refractivity contribution in [3.8, 4) is 0 Å². The van der Waals surface area contributed by atoms with Gasteiger partial charge in [-0.15, -0.1) is 0 Å². The molecule has 170 valence electrons. The highest BCUT2D eigenvalue weighted by atomic mass is 16.8. The lowest BCUT2D eigenvalue weighted by atomic mass is 9.84. The Kier molecular flexibility index (Phi) is 5.58. The molecule has 7 nitrogen and oxygen atoms in total. The van der Waals surface area contributed by atoms with E-state index in [1.807, 2.05) is 58.0 Å². The van der Waals surface area contributed by atoms with Crippen molar-refractivity contribution in [2.24, 2.45) is 5.92 Å². The number of aliphatic hydroxyl groups excluding tert-OH is 1. The van der Waals surface area contributed by atoms with Crippen molar-refractivity contribution in [1.82, 2.24) is 0 Å². The van der Waals surface area contributed by atoms with Crippen LogP contribution in [0.25, 0.3) is 0 Å².